The number of hydrogen-bond acceptors (Lipinski definition) is 6. The van der Waals surface area contributed by atoms with Crippen molar-refractivity contribution in [1.82, 2.24) is 0 Å². The second kappa shape index (κ2) is 41.6. The van der Waals surface area contributed by atoms with E-state index in [9.17, 15) is 14.4 Å². The van der Waals surface area contributed by atoms with E-state index in [0.29, 0.717) is 19.3 Å². The number of hydrogen-bond donors (Lipinski definition) is 0. The molecule has 0 rings (SSSR count). The zero-order valence-electron chi connectivity index (χ0n) is 36.0. The Hall–Kier alpha value is -1.59. The third-order valence-electron chi connectivity index (χ3n) is 10.5. The number of ether oxygens (including phenoxy) is 3. The van der Waals surface area contributed by atoms with Gasteiger partial charge in [0, 0.05) is 19.3 Å². The highest BCUT2D eigenvalue weighted by Gasteiger charge is 2.19. The molecule has 0 bridgehead atoms. The Morgan fingerprint density at radius 2 is 0.623 bits per heavy atom. The Bertz CT molecular complexity index is 796. The summed E-state index contributed by atoms with van der Waals surface area (Å²) in [5, 5.41) is 0. The fourth-order valence-corrected chi connectivity index (χ4v) is 6.98. The molecule has 0 aromatic carbocycles. The van der Waals surface area contributed by atoms with Crippen LogP contribution in [0.2, 0.25) is 0 Å². The van der Waals surface area contributed by atoms with Crippen LogP contribution >= 0.6 is 0 Å². The van der Waals surface area contributed by atoms with Gasteiger partial charge in [0.05, 0.1) is 0 Å². The normalized spacial score (nSPS) is 11.9. The van der Waals surface area contributed by atoms with E-state index in [-0.39, 0.29) is 31.1 Å². The van der Waals surface area contributed by atoms with E-state index < -0.39 is 6.10 Å². The van der Waals surface area contributed by atoms with Gasteiger partial charge in [0.1, 0.15) is 13.2 Å². The number of carbonyl (C=O) groups excluding carboxylic acids is 3. The van der Waals surface area contributed by atoms with E-state index in [1.54, 1.807) is 0 Å². The predicted molar refractivity (Wildman–Crippen MR) is 224 cm³/mol. The van der Waals surface area contributed by atoms with Crippen molar-refractivity contribution in [2.24, 2.45) is 5.92 Å². The summed E-state index contributed by atoms with van der Waals surface area (Å²) in [6, 6.07) is 0. The Balaban J connectivity index is 4.30. The molecule has 1 atom stereocenters. The van der Waals surface area contributed by atoms with E-state index in [4.69, 9.17) is 14.2 Å². The molecule has 0 saturated heterocycles. The zero-order valence-corrected chi connectivity index (χ0v) is 36.0. The van der Waals surface area contributed by atoms with Gasteiger partial charge in [-0.25, -0.2) is 0 Å². The molecule has 0 radical (unpaired) electrons. The number of esters is 3. The first-order valence-electron chi connectivity index (χ1n) is 23.4. The van der Waals surface area contributed by atoms with Gasteiger partial charge in [0.2, 0.25) is 0 Å². The van der Waals surface area contributed by atoms with Gasteiger partial charge in [0.25, 0.3) is 0 Å². The largest absolute Gasteiger partial charge is 0.462 e. The molecule has 0 aliphatic carbocycles. The fourth-order valence-electron chi connectivity index (χ4n) is 6.98. The van der Waals surface area contributed by atoms with Crippen LogP contribution in [-0.2, 0) is 28.6 Å². The summed E-state index contributed by atoms with van der Waals surface area (Å²) in [5.74, 6) is -0.0930. The van der Waals surface area contributed by atoms with Crippen LogP contribution in [0.4, 0.5) is 0 Å². The van der Waals surface area contributed by atoms with Crippen LogP contribution < -0.4 is 0 Å². The van der Waals surface area contributed by atoms with E-state index in [2.05, 4.69) is 27.7 Å². The fraction of sp³-hybridized carbons (Fsp3) is 0.936. The summed E-state index contributed by atoms with van der Waals surface area (Å²) < 4.78 is 16.7. The molecule has 0 amide bonds. The van der Waals surface area contributed by atoms with Crippen molar-refractivity contribution >= 4 is 17.9 Å². The van der Waals surface area contributed by atoms with Gasteiger partial charge >= 0.3 is 17.9 Å². The van der Waals surface area contributed by atoms with Crippen molar-refractivity contribution < 1.29 is 28.6 Å². The molecule has 0 spiro atoms. The monoisotopic (exact) mass is 751 g/mol. The maximum Gasteiger partial charge on any atom is 0.306 e. The Morgan fingerprint density at radius 1 is 0.358 bits per heavy atom. The third-order valence-corrected chi connectivity index (χ3v) is 10.5. The molecule has 6 heteroatoms. The Labute approximate surface area is 329 Å². The molecule has 0 aliphatic heterocycles. The Morgan fingerprint density at radius 3 is 0.925 bits per heavy atom. The van der Waals surface area contributed by atoms with E-state index in [1.165, 1.54) is 154 Å². The Kier molecular flexibility index (Phi) is 40.3. The molecule has 0 aromatic heterocycles. The second-order valence-corrected chi connectivity index (χ2v) is 16.5. The molecule has 314 valence electrons. The van der Waals surface area contributed by atoms with Gasteiger partial charge in [-0.05, 0) is 25.2 Å². The van der Waals surface area contributed by atoms with Crippen LogP contribution in [0.1, 0.15) is 259 Å². The highest BCUT2D eigenvalue weighted by atomic mass is 16.6. The van der Waals surface area contributed by atoms with Crippen LogP contribution in [0.15, 0.2) is 0 Å². The third kappa shape index (κ3) is 41.4. The van der Waals surface area contributed by atoms with Crippen molar-refractivity contribution in [2.45, 2.75) is 265 Å². The minimum atomic E-state index is -0.759. The summed E-state index contributed by atoms with van der Waals surface area (Å²) in [5.41, 5.74) is 0. The molecule has 0 aromatic rings. The van der Waals surface area contributed by atoms with Gasteiger partial charge in [-0.2, -0.15) is 0 Å². The predicted octanol–water partition coefficient (Wildman–Crippen LogP) is 14.7. The quantitative estimate of drug-likeness (QED) is 0.0351. The van der Waals surface area contributed by atoms with Crippen LogP contribution in [0.3, 0.4) is 0 Å². The molecular weight excluding hydrogens is 661 g/mol. The number of unbranched alkanes of at least 4 members (excludes halogenated alkanes) is 29. The first kappa shape index (κ1) is 51.4. The van der Waals surface area contributed by atoms with Crippen molar-refractivity contribution in [1.29, 1.82) is 0 Å². The average Bonchev–Trinajstić information content (AvgIpc) is 3.14. The summed E-state index contributed by atoms with van der Waals surface area (Å²) in [4.78, 5) is 37.7. The summed E-state index contributed by atoms with van der Waals surface area (Å²) in [7, 11) is 0. The van der Waals surface area contributed by atoms with Crippen LogP contribution in [0.5, 0.6) is 0 Å². The van der Waals surface area contributed by atoms with Crippen molar-refractivity contribution in [3.8, 4) is 0 Å². The molecule has 0 aliphatic rings. The van der Waals surface area contributed by atoms with E-state index in [0.717, 1.165) is 63.7 Å². The maximum atomic E-state index is 12.7. The van der Waals surface area contributed by atoms with Crippen molar-refractivity contribution in [2.75, 3.05) is 13.2 Å². The highest BCUT2D eigenvalue weighted by Crippen LogP contribution is 2.16. The lowest BCUT2D eigenvalue weighted by Crippen LogP contribution is -2.30. The first-order valence-corrected chi connectivity index (χ1v) is 23.4. The minimum absolute atomic E-state index is 0.0642. The van der Waals surface area contributed by atoms with Gasteiger partial charge < -0.3 is 14.2 Å². The highest BCUT2D eigenvalue weighted by molar-refractivity contribution is 5.71. The topological polar surface area (TPSA) is 78.9 Å². The summed E-state index contributed by atoms with van der Waals surface area (Å²) in [6.45, 7) is 8.93. The lowest BCUT2D eigenvalue weighted by molar-refractivity contribution is -0.167. The van der Waals surface area contributed by atoms with Crippen LogP contribution in [-0.4, -0.2) is 37.2 Å². The zero-order chi connectivity index (χ0) is 38.9. The molecule has 0 N–H and O–H groups in total. The molecule has 6 nitrogen and oxygen atoms in total. The molecule has 53 heavy (non-hydrogen) atoms. The molecular formula is C47H90O6. The van der Waals surface area contributed by atoms with E-state index >= 15 is 0 Å². The lowest BCUT2D eigenvalue weighted by atomic mass is 10.0. The number of rotatable bonds is 42. The van der Waals surface area contributed by atoms with Gasteiger partial charge in [-0.3, -0.25) is 14.4 Å². The second-order valence-electron chi connectivity index (χ2n) is 16.5. The van der Waals surface area contributed by atoms with Gasteiger partial charge in [0.15, 0.2) is 6.10 Å². The minimum Gasteiger partial charge on any atom is -0.462 e. The van der Waals surface area contributed by atoms with Crippen molar-refractivity contribution in [3.63, 3.8) is 0 Å². The molecule has 0 heterocycles. The number of carbonyl (C=O) groups is 3. The summed E-state index contributed by atoms with van der Waals surface area (Å²) >= 11 is 0. The maximum absolute atomic E-state index is 12.7. The molecule has 0 fully saturated rings. The lowest BCUT2D eigenvalue weighted by Gasteiger charge is -2.18. The summed E-state index contributed by atoms with van der Waals surface area (Å²) in [6.07, 6.45) is 40.9. The molecule has 0 unspecified atom stereocenters. The van der Waals surface area contributed by atoms with E-state index in [1.807, 2.05) is 0 Å². The van der Waals surface area contributed by atoms with Crippen LogP contribution in [0.25, 0.3) is 0 Å². The van der Waals surface area contributed by atoms with Gasteiger partial charge in [-0.15, -0.1) is 0 Å². The first-order chi connectivity index (χ1) is 25.9. The van der Waals surface area contributed by atoms with Crippen LogP contribution in [0, 0.1) is 5.92 Å². The molecule has 0 saturated carbocycles. The smallest absolute Gasteiger partial charge is 0.306 e. The standard InChI is InChI=1S/C47H90O6/c1-5-7-9-11-13-15-17-19-20-22-23-25-30-34-38-45(48)51-41-44(42-52-46(49)39-35-31-28-27-29-33-37-43(3)4)53-47(50)40-36-32-26-24-21-18-16-14-12-10-8-6-2/h43-44H,5-42H2,1-4H3/t44-/m0/s1. The van der Waals surface area contributed by atoms with Gasteiger partial charge in [-0.1, -0.05) is 220 Å². The SMILES string of the molecule is CCCCCCCCCCCCCCCCC(=O)OC[C@@H](COC(=O)CCCCCCCCC(C)C)OC(=O)CCCCCCCCCCCCCC. The average molecular weight is 751 g/mol. The van der Waals surface area contributed by atoms with Crippen molar-refractivity contribution in [3.05, 3.63) is 0 Å².